The van der Waals surface area contributed by atoms with E-state index in [0.717, 1.165) is 0 Å². The summed E-state index contributed by atoms with van der Waals surface area (Å²) in [6.07, 6.45) is 1.80. The fourth-order valence-corrected chi connectivity index (χ4v) is 3.88. The SMILES string of the molecule is COc1cc(-n2ccc(N3CCO[C@H]([C@](C)(O)C(=O)Nc4ccc5c(N)noc5c4)C3=O)n2)ccn1. The van der Waals surface area contributed by atoms with E-state index in [-0.39, 0.29) is 19.0 Å². The van der Waals surface area contributed by atoms with Gasteiger partial charge in [-0.3, -0.25) is 14.5 Å². The number of nitrogens with one attached hydrogen (secondary N) is 1. The van der Waals surface area contributed by atoms with Crippen LogP contribution in [0.15, 0.2) is 53.3 Å². The number of aromatic nitrogens is 4. The number of nitrogen functional groups attached to an aromatic ring is 1. The molecule has 0 spiro atoms. The molecule has 4 aromatic rings. The van der Waals surface area contributed by atoms with Crippen LogP contribution in [0.4, 0.5) is 17.3 Å². The van der Waals surface area contributed by atoms with E-state index in [1.165, 1.54) is 25.0 Å². The predicted molar refractivity (Wildman–Crippen MR) is 128 cm³/mol. The van der Waals surface area contributed by atoms with E-state index in [1.54, 1.807) is 47.4 Å². The third-order valence-corrected chi connectivity index (χ3v) is 5.86. The molecule has 36 heavy (non-hydrogen) atoms. The van der Waals surface area contributed by atoms with Gasteiger partial charge in [0.25, 0.3) is 11.8 Å². The molecule has 13 heteroatoms. The molecule has 4 heterocycles. The van der Waals surface area contributed by atoms with Gasteiger partial charge in [0, 0.05) is 36.3 Å². The molecular weight excluding hydrogens is 470 g/mol. The number of anilines is 3. The molecule has 186 valence electrons. The number of methoxy groups -OCH3 is 1. The van der Waals surface area contributed by atoms with Crippen LogP contribution >= 0.6 is 0 Å². The standard InChI is InChI=1S/C23H23N7O6/c1-23(33,22(32)26-13-3-4-15-16(11-13)36-28-20(15)24)19-21(31)29(9-10-35-19)17-6-8-30(27-17)14-5-7-25-18(12-14)34-2/h3-8,11-12,19,33H,9-10H2,1-2H3,(H2,24,28)(H,26,32)/t19-,23-/m0/s1. The summed E-state index contributed by atoms with van der Waals surface area (Å²) in [4.78, 5) is 31.7. The van der Waals surface area contributed by atoms with Gasteiger partial charge in [-0.05, 0) is 25.1 Å². The molecule has 1 fully saturated rings. The van der Waals surface area contributed by atoms with Crippen molar-refractivity contribution in [3.8, 4) is 11.6 Å². The lowest BCUT2D eigenvalue weighted by molar-refractivity contribution is -0.165. The smallest absolute Gasteiger partial charge is 0.260 e. The molecule has 1 aliphatic heterocycles. The number of pyridine rings is 1. The summed E-state index contributed by atoms with van der Waals surface area (Å²) in [5, 5.41) is 22.4. The average molecular weight is 493 g/mol. The first-order valence-electron chi connectivity index (χ1n) is 11.0. The molecule has 13 nitrogen and oxygen atoms in total. The number of nitrogens with zero attached hydrogens (tertiary/aromatic N) is 5. The molecule has 3 aromatic heterocycles. The number of hydrogen-bond donors (Lipinski definition) is 3. The van der Waals surface area contributed by atoms with Crippen molar-refractivity contribution >= 4 is 40.1 Å². The van der Waals surface area contributed by atoms with Crippen LogP contribution < -0.4 is 20.7 Å². The zero-order valence-corrected chi connectivity index (χ0v) is 19.4. The number of benzene rings is 1. The molecule has 1 saturated heterocycles. The highest BCUT2D eigenvalue weighted by atomic mass is 16.5. The highest BCUT2D eigenvalue weighted by Gasteiger charge is 2.48. The van der Waals surface area contributed by atoms with Gasteiger partial charge in [-0.15, -0.1) is 5.10 Å². The van der Waals surface area contributed by atoms with Crippen LogP contribution in [-0.4, -0.2) is 68.8 Å². The highest BCUT2D eigenvalue weighted by molar-refractivity contribution is 6.06. The second-order valence-corrected chi connectivity index (χ2v) is 8.30. The summed E-state index contributed by atoms with van der Waals surface area (Å²) in [6, 6.07) is 9.82. The number of nitrogens with two attached hydrogens (primary N) is 1. The fraction of sp³-hybridized carbons (Fsp3) is 0.261. The lowest BCUT2D eigenvalue weighted by Gasteiger charge is -2.37. The first-order valence-corrected chi connectivity index (χ1v) is 11.0. The third-order valence-electron chi connectivity index (χ3n) is 5.86. The summed E-state index contributed by atoms with van der Waals surface area (Å²) in [5.41, 5.74) is 4.90. The Morgan fingerprint density at radius 1 is 1.31 bits per heavy atom. The number of amides is 2. The molecule has 2 amide bonds. The van der Waals surface area contributed by atoms with E-state index in [9.17, 15) is 14.7 Å². The van der Waals surface area contributed by atoms with Gasteiger partial charge in [0.05, 0.1) is 31.3 Å². The van der Waals surface area contributed by atoms with E-state index in [2.05, 4.69) is 20.6 Å². The zero-order valence-electron chi connectivity index (χ0n) is 19.4. The van der Waals surface area contributed by atoms with Crippen molar-refractivity contribution in [2.75, 3.05) is 36.2 Å². The number of ether oxygens (including phenoxy) is 2. The molecular formula is C23H23N7O6. The Morgan fingerprint density at radius 2 is 2.14 bits per heavy atom. The van der Waals surface area contributed by atoms with Crippen molar-refractivity contribution in [1.29, 1.82) is 0 Å². The number of carbonyl (C=O) groups is 2. The third kappa shape index (κ3) is 4.10. The van der Waals surface area contributed by atoms with Gasteiger partial charge < -0.3 is 30.2 Å². The maximum atomic E-state index is 13.3. The molecule has 0 aliphatic carbocycles. The van der Waals surface area contributed by atoms with Crippen molar-refractivity contribution in [3.63, 3.8) is 0 Å². The Kier molecular flexibility index (Phi) is 5.78. The van der Waals surface area contributed by atoms with Gasteiger partial charge >= 0.3 is 0 Å². The molecule has 0 bridgehead atoms. The molecule has 0 saturated carbocycles. The quantitative estimate of drug-likeness (QED) is 0.353. The topological polar surface area (TPSA) is 171 Å². The minimum atomic E-state index is -2.19. The van der Waals surface area contributed by atoms with Crippen LogP contribution in [0.2, 0.25) is 0 Å². The predicted octanol–water partition coefficient (Wildman–Crippen LogP) is 1.12. The van der Waals surface area contributed by atoms with Gasteiger partial charge in [0.15, 0.2) is 28.9 Å². The van der Waals surface area contributed by atoms with E-state index in [1.807, 2.05) is 0 Å². The number of morpholine rings is 1. The van der Waals surface area contributed by atoms with E-state index in [4.69, 9.17) is 19.7 Å². The van der Waals surface area contributed by atoms with Crippen LogP contribution in [0.5, 0.6) is 5.88 Å². The Labute approximate surface area is 204 Å². The van der Waals surface area contributed by atoms with Crippen LogP contribution in [0, 0.1) is 0 Å². The average Bonchev–Trinajstić information content (AvgIpc) is 3.51. The Balaban J connectivity index is 1.33. The summed E-state index contributed by atoms with van der Waals surface area (Å²) >= 11 is 0. The zero-order chi connectivity index (χ0) is 25.4. The second kappa shape index (κ2) is 8.94. The van der Waals surface area contributed by atoms with E-state index < -0.39 is 23.5 Å². The lowest BCUT2D eigenvalue weighted by Crippen LogP contribution is -2.61. The Morgan fingerprint density at radius 3 is 2.94 bits per heavy atom. The number of hydrogen-bond acceptors (Lipinski definition) is 10. The normalized spacial score (nSPS) is 17.7. The van der Waals surface area contributed by atoms with Crippen LogP contribution in [-0.2, 0) is 14.3 Å². The van der Waals surface area contributed by atoms with Gasteiger partial charge in [0.2, 0.25) is 5.88 Å². The highest BCUT2D eigenvalue weighted by Crippen LogP contribution is 2.27. The molecule has 5 rings (SSSR count). The van der Waals surface area contributed by atoms with Gasteiger partial charge in [-0.25, -0.2) is 9.67 Å². The molecule has 0 unspecified atom stereocenters. The fourth-order valence-electron chi connectivity index (χ4n) is 3.88. The number of fused-ring (bicyclic) bond motifs is 1. The molecule has 0 radical (unpaired) electrons. The number of aliphatic hydroxyl groups is 1. The molecule has 2 atom stereocenters. The summed E-state index contributed by atoms with van der Waals surface area (Å²) in [6.45, 7) is 1.52. The summed E-state index contributed by atoms with van der Waals surface area (Å²) in [5.74, 6) is -0.447. The first kappa shape index (κ1) is 23.3. The first-order chi connectivity index (χ1) is 17.3. The van der Waals surface area contributed by atoms with Gasteiger partial charge in [-0.2, -0.15) is 0 Å². The Hall–Kier alpha value is -4.49. The van der Waals surface area contributed by atoms with Crippen molar-refractivity contribution in [2.24, 2.45) is 0 Å². The largest absolute Gasteiger partial charge is 0.481 e. The van der Waals surface area contributed by atoms with Crippen molar-refractivity contribution in [3.05, 3.63) is 48.8 Å². The maximum Gasteiger partial charge on any atom is 0.260 e. The second-order valence-electron chi connectivity index (χ2n) is 8.30. The lowest BCUT2D eigenvalue weighted by atomic mass is 9.95. The van der Waals surface area contributed by atoms with Crippen molar-refractivity contribution in [1.82, 2.24) is 19.9 Å². The summed E-state index contributed by atoms with van der Waals surface area (Å²) < 4.78 is 17.4. The Bertz CT molecular complexity index is 1450. The van der Waals surface area contributed by atoms with Crippen LogP contribution in [0.3, 0.4) is 0 Å². The molecule has 1 aliphatic rings. The number of carbonyl (C=O) groups excluding carboxylic acids is 2. The van der Waals surface area contributed by atoms with Gasteiger partial charge in [-0.1, -0.05) is 5.16 Å². The van der Waals surface area contributed by atoms with Crippen LogP contribution in [0.25, 0.3) is 16.7 Å². The van der Waals surface area contributed by atoms with Crippen LogP contribution in [0.1, 0.15) is 6.92 Å². The minimum Gasteiger partial charge on any atom is -0.481 e. The van der Waals surface area contributed by atoms with Gasteiger partial charge in [0.1, 0.15) is 0 Å². The monoisotopic (exact) mass is 493 g/mol. The molecule has 4 N–H and O–H groups in total. The minimum absolute atomic E-state index is 0.0963. The number of rotatable bonds is 6. The van der Waals surface area contributed by atoms with E-state index >= 15 is 0 Å². The maximum absolute atomic E-state index is 13.3. The molecule has 1 aromatic carbocycles. The van der Waals surface area contributed by atoms with Crippen molar-refractivity contribution in [2.45, 2.75) is 18.6 Å². The van der Waals surface area contributed by atoms with Crippen molar-refractivity contribution < 1.29 is 28.7 Å². The summed E-state index contributed by atoms with van der Waals surface area (Å²) in [7, 11) is 1.51. The van der Waals surface area contributed by atoms with E-state index in [0.29, 0.717) is 34.0 Å².